The first kappa shape index (κ1) is 13.6. The number of hydrogen-bond acceptors (Lipinski definition) is 3. The maximum absolute atomic E-state index is 4.71. The van der Waals surface area contributed by atoms with E-state index in [1.807, 2.05) is 24.4 Å². The molecule has 1 heterocycles. The van der Waals surface area contributed by atoms with Crippen LogP contribution < -0.4 is 5.43 Å². The summed E-state index contributed by atoms with van der Waals surface area (Å²) >= 11 is 0. The largest absolute Gasteiger partial charge is 0.261 e. The van der Waals surface area contributed by atoms with Crippen LogP contribution in [0.2, 0.25) is 0 Å². The third-order valence-corrected chi connectivity index (χ3v) is 4.82. The van der Waals surface area contributed by atoms with Crippen LogP contribution in [0.15, 0.2) is 29.5 Å². The molecule has 20 heavy (non-hydrogen) atoms. The lowest BCUT2D eigenvalue weighted by molar-refractivity contribution is 0.274. The summed E-state index contributed by atoms with van der Waals surface area (Å²) in [5.41, 5.74) is 4.56. The van der Waals surface area contributed by atoms with Gasteiger partial charge in [-0.1, -0.05) is 31.7 Å². The van der Waals surface area contributed by atoms with Gasteiger partial charge in [0.1, 0.15) is 5.82 Å². The van der Waals surface area contributed by atoms with E-state index in [4.69, 9.17) is 5.10 Å². The fourth-order valence-corrected chi connectivity index (χ4v) is 3.76. The van der Waals surface area contributed by atoms with E-state index in [9.17, 15) is 0 Å². The van der Waals surface area contributed by atoms with Crippen LogP contribution >= 0.6 is 0 Å². The molecule has 0 amide bonds. The minimum atomic E-state index is 0.722. The van der Waals surface area contributed by atoms with Gasteiger partial charge in [-0.25, -0.2) is 4.98 Å². The van der Waals surface area contributed by atoms with Crippen LogP contribution in [-0.2, 0) is 0 Å². The smallest absolute Gasteiger partial charge is 0.146 e. The quantitative estimate of drug-likeness (QED) is 0.814. The molecule has 0 aliphatic heterocycles. The summed E-state index contributed by atoms with van der Waals surface area (Å²) in [5, 5.41) is 4.71. The highest BCUT2D eigenvalue weighted by Crippen LogP contribution is 2.37. The van der Waals surface area contributed by atoms with Crippen LogP contribution in [0.25, 0.3) is 0 Å². The van der Waals surface area contributed by atoms with Gasteiger partial charge in [0.2, 0.25) is 0 Å². The van der Waals surface area contributed by atoms with Gasteiger partial charge in [0.25, 0.3) is 0 Å². The van der Waals surface area contributed by atoms with Crippen LogP contribution in [0.5, 0.6) is 0 Å². The van der Waals surface area contributed by atoms with Gasteiger partial charge in [-0.05, 0) is 50.2 Å². The summed E-state index contributed by atoms with van der Waals surface area (Å²) in [4.78, 5) is 4.28. The van der Waals surface area contributed by atoms with Gasteiger partial charge in [-0.2, -0.15) is 5.10 Å². The number of hydrazone groups is 1. The Morgan fingerprint density at radius 3 is 2.65 bits per heavy atom. The highest BCUT2D eigenvalue weighted by atomic mass is 15.3. The summed E-state index contributed by atoms with van der Waals surface area (Å²) in [6, 6.07) is 5.90. The second-order valence-corrected chi connectivity index (χ2v) is 6.18. The van der Waals surface area contributed by atoms with Crippen molar-refractivity contribution in [2.45, 2.75) is 57.8 Å². The van der Waals surface area contributed by atoms with Crippen LogP contribution in [0.3, 0.4) is 0 Å². The molecule has 3 rings (SSSR count). The van der Waals surface area contributed by atoms with Crippen molar-refractivity contribution < 1.29 is 0 Å². The third kappa shape index (κ3) is 3.38. The number of pyridine rings is 1. The third-order valence-electron chi connectivity index (χ3n) is 4.82. The Morgan fingerprint density at radius 2 is 1.85 bits per heavy atom. The molecule has 2 fully saturated rings. The molecule has 1 N–H and O–H groups in total. The lowest BCUT2D eigenvalue weighted by Crippen LogP contribution is -2.29. The summed E-state index contributed by atoms with van der Waals surface area (Å²) in [6.45, 7) is 0. The van der Waals surface area contributed by atoms with Crippen molar-refractivity contribution in [3.05, 3.63) is 24.4 Å². The zero-order chi connectivity index (χ0) is 13.6. The lowest BCUT2D eigenvalue weighted by Gasteiger charge is -2.33. The molecular weight excluding hydrogens is 246 g/mol. The van der Waals surface area contributed by atoms with Gasteiger partial charge < -0.3 is 0 Å². The predicted molar refractivity (Wildman–Crippen MR) is 83.8 cm³/mol. The monoisotopic (exact) mass is 271 g/mol. The lowest BCUT2D eigenvalue weighted by atomic mass is 9.72. The number of hydrogen-bond donors (Lipinski definition) is 1. The minimum Gasteiger partial charge on any atom is -0.261 e. The van der Waals surface area contributed by atoms with Crippen molar-refractivity contribution in [3.63, 3.8) is 0 Å². The second-order valence-electron chi connectivity index (χ2n) is 6.18. The molecule has 2 aliphatic rings. The van der Waals surface area contributed by atoms with E-state index in [0.717, 1.165) is 17.7 Å². The number of nitrogens with one attached hydrogen (secondary N) is 1. The van der Waals surface area contributed by atoms with Gasteiger partial charge >= 0.3 is 0 Å². The van der Waals surface area contributed by atoms with Gasteiger partial charge in [0.05, 0.1) is 0 Å². The average molecular weight is 271 g/mol. The van der Waals surface area contributed by atoms with E-state index in [0.29, 0.717) is 0 Å². The van der Waals surface area contributed by atoms with Crippen LogP contribution in [0.4, 0.5) is 5.82 Å². The summed E-state index contributed by atoms with van der Waals surface area (Å²) in [5.74, 6) is 2.46. The second kappa shape index (κ2) is 6.87. The molecule has 1 aromatic heterocycles. The van der Waals surface area contributed by atoms with Gasteiger partial charge in [-0.3, -0.25) is 5.43 Å². The first-order valence-corrected chi connectivity index (χ1v) is 8.17. The molecule has 1 unspecified atom stereocenters. The van der Waals surface area contributed by atoms with E-state index in [2.05, 4.69) is 10.4 Å². The molecule has 3 heteroatoms. The number of nitrogens with zero attached hydrogens (tertiary/aromatic N) is 2. The van der Waals surface area contributed by atoms with Crippen LogP contribution in [0, 0.1) is 11.8 Å². The Labute approximate surface area is 121 Å². The first-order valence-electron chi connectivity index (χ1n) is 8.17. The summed E-state index contributed by atoms with van der Waals surface area (Å²) in [7, 11) is 0. The molecule has 3 nitrogen and oxygen atoms in total. The normalized spacial score (nSPS) is 26.6. The van der Waals surface area contributed by atoms with E-state index >= 15 is 0 Å². The topological polar surface area (TPSA) is 37.3 Å². The molecule has 1 aromatic rings. The SMILES string of the molecule is c1ccc(NN=C2CCCCC2C2CCCCC2)nc1. The zero-order valence-electron chi connectivity index (χ0n) is 12.2. The molecule has 108 valence electrons. The highest BCUT2D eigenvalue weighted by molar-refractivity contribution is 5.88. The van der Waals surface area contributed by atoms with Crippen molar-refractivity contribution in [2.24, 2.45) is 16.9 Å². The molecule has 0 bridgehead atoms. The van der Waals surface area contributed by atoms with E-state index in [-0.39, 0.29) is 0 Å². The molecule has 2 aliphatic carbocycles. The molecule has 0 spiro atoms. The molecule has 1 atom stereocenters. The fraction of sp³-hybridized carbons (Fsp3) is 0.647. The predicted octanol–water partition coefficient (Wildman–Crippen LogP) is 4.62. The van der Waals surface area contributed by atoms with Crippen LogP contribution in [0.1, 0.15) is 57.8 Å². The maximum atomic E-state index is 4.71. The maximum Gasteiger partial charge on any atom is 0.146 e. The summed E-state index contributed by atoms with van der Waals surface area (Å²) < 4.78 is 0. The number of anilines is 1. The highest BCUT2D eigenvalue weighted by Gasteiger charge is 2.29. The standard InChI is InChI=1S/C17H25N3/c1-2-8-14(9-3-1)15-10-4-5-11-16(15)19-20-17-12-6-7-13-18-17/h6-7,12-15H,1-5,8-11H2,(H,18,20). The van der Waals surface area contributed by atoms with Gasteiger partial charge in [-0.15, -0.1) is 0 Å². The Hall–Kier alpha value is -1.38. The van der Waals surface area contributed by atoms with Crippen molar-refractivity contribution in [3.8, 4) is 0 Å². The number of rotatable bonds is 3. The first-order chi connectivity index (χ1) is 9.93. The molecule has 0 saturated heterocycles. The Bertz CT molecular complexity index is 435. The fourth-order valence-electron chi connectivity index (χ4n) is 3.76. The van der Waals surface area contributed by atoms with Crippen molar-refractivity contribution in [1.82, 2.24) is 4.98 Å². The van der Waals surface area contributed by atoms with E-state index in [1.54, 1.807) is 0 Å². The molecule has 0 aromatic carbocycles. The average Bonchev–Trinajstić information content (AvgIpc) is 2.55. The van der Waals surface area contributed by atoms with Gasteiger partial charge in [0.15, 0.2) is 0 Å². The van der Waals surface area contributed by atoms with E-state index < -0.39 is 0 Å². The molecular formula is C17H25N3. The van der Waals surface area contributed by atoms with Crippen molar-refractivity contribution in [1.29, 1.82) is 0 Å². The van der Waals surface area contributed by atoms with Crippen molar-refractivity contribution >= 4 is 11.5 Å². The Kier molecular flexibility index (Phi) is 4.67. The summed E-state index contributed by atoms with van der Waals surface area (Å²) in [6.07, 6.45) is 14.1. The minimum absolute atomic E-state index is 0.722. The van der Waals surface area contributed by atoms with Crippen LogP contribution in [-0.4, -0.2) is 10.7 Å². The zero-order valence-corrected chi connectivity index (χ0v) is 12.2. The molecule has 2 saturated carbocycles. The Balaban J connectivity index is 1.68. The Morgan fingerprint density at radius 1 is 1.00 bits per heavy atom. The van der Waals surface area contributed by atoms with Crippen molar-refractivity contribution in [2.75, 3.05) is 5.43 Å². The molecule has 0 radical (unpaired) electrons. The van der Waals surface area contributed by atoms with Gasteiger partial charge in [0, 0.05) is 17.8 Å². The van der Waals surface area contributed by atoms with E-state index in [1.165, 1.54) is 63.5 Å². The number of aromatic nitrogens is 1.